The lowest BCUT2D eigenvalue weighted by Gasteiger charge is -1.94. The van der Waals surface area contributed by atoms with E-state index < -0.39 is 5.95 Å². The van der Waals surface area contributed by atoms with Gasteiger partial charge in [0.15, 0.2) is 0 Å². The van der Waals surface area contributed by atoms with E-state index in [0.717, 1.165) is 0 Å². The standard InChI is InChI=1S/C5H4ClFN2.ClH/c6-4-3(8)1-2-9-5(4)7;/h1-2H,(H2,8,9);1H. The molecule has 0 amide bonds. The zero-order chi connectivity index (χ0) is 6.85. The number of hydrogen-bond donors (Lipinski definition) is 1. The molecule has 0 spiro atoms. The molecular formula is C5H5Cl2FN2. The van der Waals surface area contributed by atoms with Crippen LogP contribution in [0.25, 0.3) is 0 Å². The number of halogens is 3. The summed E-state index contributed by atoms with van der Waals surface area (Å²) in [5.41, 5.74) is 5.42. The van der Waals surface area contributed by atoms with E-state index in [4.69, 9.17) is 17.3 Å². The molecule has 0 aliphatic carbocycles. The Morgan fingerprint density at radius 1 is 1.60 bits per heavy atom. The summed E-state index contributed by atoms with van der Waals surface area (Å²) in [4.78, 5) is 3.26. The molecule has 10 heavy (non-hydrogen) atoms. The molecule has 0 unspecified atom stereocenters. The van der Waals surface area contributed by atoms with Gasteiger partial charge in [0.05, 0.1) is 5.69 Å². The molecule has 0 bridgehead atoms. The van der Waals surface area contributed by atoms with Gasteiger partial charge in [0.2, 0.25) is 5.95 Å². The predicted molar refractivity (Wildman–Crippen MR) is 40.9 cm³/mol. The molecule has 2 N–H and O–H groups in total. The number of nitrogens with zero attached hydrogens (tertiary/aromatic N) is 1. The molecule has 1 aromatic heterocycles. The zero-order valence-corrected chi connectivity index (χ0v) is 6.42. The van der Waals surface area contributed by atoms with E-state index in [2.05, 4.69) is 4.98 Å². The number of nitrogen functional groups attached to an aromatic ring is 1. The Hall–Kier alpha value is -0.540. The molecule has 0 radical (unpaired) electrons. The lowest BCUT2D eigenvalue weighted by Crippen LogP contribution is -1.90. The van der Waals surface area contributed by atoms with E-state index in [1.54, 1.807) is 0 Å². The van der Waals surface area contributed by atoms with Gasteiger partial charge in [-0.25, -0.2) is 4.98 Å². The Labute approximate surface area is 68.6 Å². The Balaban J connectivity index is 0.000000810. The van der Waals surface area contributed by atoms with Crippen LogP contribution in [0.2, 0.25) is 5.02 Å². The fourth-order valence-electron chi connectivity index (χ4n) is 0.432. The van der Waals surface area contributed by atoms with E-state index in [1.807, 2.05) is 0 Å². The van der Waals surface area contributed by atoms with Gasteiger partial charge in [-0.3, -0.25) is 0 Å². The van der Waals surface area contributed by atoms with Gasteiger partial charge in [0.1, 0.15) is 5.02 Å². The number of pyridine rings is 1. The van der Waals surface area contributed by atoms with Crippen molar-refractivity contribution in [3.8, 4) is 0 Å². The average molecular weight is 183 g/mol. The fourth-order valence-corrected chi connectivity index (χ4v) is 0.544. The minimum atomic E-state index is -0.725. The van der Waals surface area contributed by atoms with Gasteiger partial charge in [0.25, 0.3) is 0 Å². The third-order valence-electron chi connectivity index (χ3n) is 0.877. The normalized spacial score (nSPS) is 8.60. The molecule has 0 atom stereocenters. The van der Waals surface area contributed by atoms with Crippen LogP contribution < -0.4 is 5.73 Å². The van der Waals surface area contributed by atoms with Gasteiger partial charge in [-0.05, 0) is 6.07 Å². The van der Waals surface area contributed by atoms with Crippen LogP contribution >= 0.6 is 24.0 Å². The summed E-state index contributed by atoms with van der Waals surface area (Å²) in [6.45, 7) is 0. The van der Waals surface area contributed by atoms with Crippen molar-refractivity contribution >= 4 is 29.7 Å². The zero-order valence-electron chi connectivity index (χ0n) is 4.84. The quantitative estimate of drug-likeness (QED) is 0.623. The summed E-state index contributed by atoms with van der Waals surface area (Å²) >= 11 is 5.32. The minimum Gasteiger partial charge on any atom is -0.397 e. The smallest absolute Gasteiger partial charge is 0.233 e. The van der Waals surface area contributed by atoms with E-state index >= 15 is 0 Å². The molecular weight excluding hydrogens is 178 g/mol. The van der Waals surface area contributed by atoms with Crippen LogP contribution in [0, 0.1) is 5.95 Å². The minimum absolute atomic E-state index is 0. The molecule has 5 heteroatoms. The van der Waals surface area contributed by atoms with Crippen molar-refractivity contribution < 1.29 is 4.39 Å². The first-order valence-electron chi connectivity index (χ1n) is 2.27. The molecule has 1 aromatic rings. The summed E-state index contributed by atoms with van der Waals surface area (Å²) in [5.74, 6) is -0.725. The maximum Gasteiger partial charge on any atom is 0.233 e. The van der Waals surface area contributed by atoms with E-state index in [0.29, 0.717) is 0 Å². The van der Waals surface area contributed by atoms with Gasteiger partial charge in [-0.1, -0.05) is 11.6 Å². The molecule has 56 valence electrons. The lowest BCUT2D eigenvalue weighted by atomic mass is 10.4. The first-order valence-corrected chi connectivity index (χ1v) is 2.65. The molecule has 0 aliphatic rings. The number of anilines is 1. The molecule has 0 fully saturated rings. The first kappa shape index (κ1) is 9.46. The van der Waals surface area contributed by atoms with Crippen molar-refractivity contribution in [2.45, 2.75) is 0 Å². The van der Waals surface area contributed by atoms with Crippen LogP contribution in [0.15, 0.2) is 12.3 Å². The van der Waals surface area contributed by atoms with Gasteiger partial charge in [-0.15, -0.1) is 12.4 Å². The molecule has 0 aliphatic heterocycles. The van der Waals surface area contributed by atoms with Crippen molar-refractivity contribution in [2.75, 3.05) is 5.73 Å². The van der Waals surface area contributed by atoms with E-state index in [1.165, 1.54) is 12.3 Å². The molecule has 0 saturated heterocycles. The molecule has 1 rings (SSSR count). The fraction of sp³-hybridized carbons (Fsp3) is 0. The lowest BCUT2D eigenvalue weighted by molar-refractivity contribution is 0.585. The van der Waals surface area contributed by atoms with Crippen molar-refractivity contribution in [1.29, 1.82) is 0 Å². The highest BCUT2D eigenvalue weighted by atomic mass is 35.5. The van der Waals surface area contributed by atoms with Crippen LogP contribution in [0.5, 0.6) is 0 Å². The summed E-state index contributed by atoms with van der Waals surface area (Å²) in [5, 5.41) is -0.113. The second-order valence-corrected chi connectivity index (χ2v) is 1.88. The van der Waals surface area contributed by atoms with E-state index in [9.17, 15) is 4.39 Å². The van der Waals surface area contributed by atoms with Crippen LogP contribution in [0.4, 0.5) is 10.1 Å². The predicted octanol–water partition coefficient (Wildman–Crippen LogP) is 1.88. The van der Waals surface area contributed by atoms with Gasteiger partial charge in [-0.2, -0.15) is 4.39 Å². The summed E-state index contributed by atoms with van der Waals surface area (Å²) in [7, 11) is 0. The average Bonchev–Trinajstić information content (AvgIpc) is 1.83. The summed E-state index contributed by atoms with van der Waals surface area (Å²) in [6, 6.07) is 1.44. The maximum atomic E-state index is 12.3. The van der Waals surface area contributed by atoms with Gasteiger partial charge >= 0.3 is 0 Å². The number of rotatable bonds is 0. The largest absolute Gasteiger partial charge is 0.397 e. The Morgan fingerprint density at radius 3 is 2.60 bits per heavy atom. The number of nitrogens with two attached hydrogens (primary N) is 1. The monoisotopic (exact) mass is 182 g/mol. The van der Waals surface area contributed by atoms with Crippen LogP contribution in [0.3, 0.4) is 0 Å². The third kappa shape index (κ3) is 1.72. The Bertz CT molecular complexity index is 209. The van der Waals surface area contributed by atoms with Crippen molar-refractivity contribution in [3.05, 3.63) is 23.2 Å². The summed E-state index contributed by atoms with van der Waals surface area (Å²) in [6.07, 6.45) is 1.26. The molecule has 1 heterocycles. The topological polar surface area (TPSA) is 38.9 Å². The Kier molecular flexibility index (Phi) is 3.39. The molecule has 0 aromatic carbocycles. The maximum absolute atomic E-state index is 12.3. The van der Waals surface area contributed by atoms with Crippen molar-refractivity contribution in [3.63, 3.8) is 0 Å². The van der Waals surface area contributed by atoms with Gasteiger partial charge < -0.3 is 5.73 Å². The Morgan fingerprint density at radius 2 is 2.20 bits per heavy atom. The van der Waals surface area contributed by atoms with Crippen LogP contribution in [-0.4, -0.2) is 4.98 Å². The van der Waals surface area contributed by atoms with E-state index in [-0.39, 0.29) is 23.1 Å². The SMILES string of the molecule is Cl.Nc1ccnc(F)c1Cl. The number of hydrogen-bond acceptors (Lipinski definition) is 2. The number of aromatic nitrogens is 1. The third-order valence-corrected chi connectivity index (χ3v) is 1.25. The second kappa shape index (κ2) is 3.58. The first-order chi connectivity index (χ1) is 4.22. The summed E-state index contributed by atoms with van der Waals surface area (Å²) < 4.78 is 12.3. The molecule has 2 nitrogen and oxygen atoms in total. The van der Waals surface area contributed by atoms with Crippen molar-refractivity contribution in [1.82, 2.24) is 4.98 Å². The van der Waals surface area contributed by atoms with Gasteiger partial charge in [0, 0.05) is 6.20 Å². The second-order valence-electron chi connectivity index (χ2n) is 1.50. The van der Waals surface area contributed by atoms with Crippen LogP contribution in [-0.2, 0) is 0 Å². The van der Waals surface area contributed by atoms with Crippen LogP contribution in [0.1, 0.15) is 0 Å². The highest BCUT2D eigenvalue weighted by molar-refractivity contribution is 6.33. The highest BCUT2D eigenvalue weighted by Gasteiger charge is 2.01. The highest BCUT2D eigenvalue weighted by Crippen LogP contribution is 2.18. The van der Waals surface area contributed by atoms with Crippen molar-refractivity contribution in [2.24, 2.45) is 0 Å². The molecule has 0 saturated carbocycles.